The van der Waals surface area contributed by atoms with E-state index in [1.807, 2.05) is 12.1 Å². The second-order valence-electron chi connectivity index (χ2n) is 6.06. The summed E-state index contributed by atoms with van der Waals surface area (Å²) in [5.41, 5.74) is 2.05. The van der Waals surface area contributed by atoms with Crippen LogP contribution in [0.25, 0.3) is 0 Å². The van der Waals surface area contributed by atoms with E-state index in [1.165, 1.54) is 32.1 Å². The van der Waals surface area contributed by atoms with Gasteiger partial charge in [-0.2, -0.15) is 0 Å². The molecular weight excluding hydrogens is 296 g/mol. The molecule has 0 saturated heterocycles. The normalized spacial score (nSPS) is 16.6. The van der Waals surface area contributed by atoms with E-state index >= 15 is 0 Å². The van der Waals surface area contributed by atoms with Gasteiger partial charge < -0.3 is 14.0 Å². The summed E-state index contributed by atoms with van der Waals surface area (Å²) in [6.07, 6.45) is 7.19. The van der Waals surface area contributed by atoms with E-state index in [4.69, 9.17) is 14.0 Å². The SMILES string of the molecule is CO[Si](CCc1ccc(C(=O)O)cc1)(OC)C1CCCCC1. The molecular formula is C17H26O4Si. The quantitative estimate of drug-likeness (QED) is 0.771. The molecule has 22 heavy (non-hydrogen) atoms. The van der Waals surface area contributed by atoms with Gasteiger partial charge in [0.05, 0.1) is 5.56 Å². The van der Waals surface area contributed by atoms with E-state index in [0.717, 1.165) is 18.0 Å². The van der Waals surface area contributed by atoms with Crippen LogP contribution in [0.5, 0.6) is 0 Å². The molecule has 1 N–H and O–H groups in total. The summed E-state index contributed by atoms with van der Waals surface area (Å²) in [5, 5.41) is 8.95. The van der Waals surface area contributed by atoms with Gasteiger partial charge in [-0.1, -0.05) is 31.4 Å². The number of rotatable bonds is 7. The molecule has 1 aliphatic rings. The van der Waals surface area contributed by atoms with Crippen molar-refractivity contribution >= 4 is 14.5 Å². The lowest BCUT2D eigenvalue weighted by atomic mass is 10.0. The van der Waals surface area contributed by atoms with Crippen molar-refractivity contribution in [2.45, 2.75) is 50.1 Å². The van der Waals surface area contributed by atoms with Crippen LogP contribution >= 0.6 is 0 Å². The number of hydrogen-bond acceptors (Lipinski definition) is 3. The van der Waals surface area contributed by atoms with Crippen molar-refractivity contribution in [3.63, 3.8) is 0 Å². The van der Waals surface area contributed by atoms with Gasteiger partial charge in [-0.15, -0.1) is 0 Å². The smallest absolute Gasteiger partial charge is 0.341 e. The Morgan fingerprint density at radius 3 is 2.23 bits per heavy atom. The second kappa shape index (κ2) is 7.90. The van der Waals surface area contributed by atoms with Gasteiger partial charge in [0, 0.05) is 19.8 Å². The van der Waals surface area contributed by atoms with Gasteiger partial charge in [0.15, 0.2) is 0 Å². The fourth-order valence-corrected chi connectivity index (χ4v) is 7.07. The van der Waals surface area contributed by atoms with Crippen LogP contribution in [0.15, 0.2) is 24.3 Å². The summed E-state index contributed by atoms with van der Waals surface area (Å²) < 4.78 is 11.9. The van der Waals surface area contributed by atoms with Crippen LogP contribution in [0.1, 0.15) is 48.0 Å². The summed E-state index contributed by atoms with van der Waals surface area (Å²) in [7, 11) is 1.40. The van der Waals surface area contributed by atoms with E-state index in [2.05, 4.69) is 0 Å². The van der Waals surface area contributed by atoms with Crippen molar-refractivity contribution < 1.29 is 18.8 Å². The summed E-state index contributed by atoms with van der Waals surface area (Å²) in [6, 6.07) is 8.06. The lowest BCUT2D eigenvalue weighted by molar-refractivity contribution is 0.0697. The first kappa shape index (κ1) is 17.2. The second-order valence-corrected chi connectivity index (χ2v) is 9.81. The molecule has 0 bridgehead atoms. The van der Waals surface area contributed by atoms with Crippen LogP contribution in [-0.4, -0.2) is 33.9 Å². The lowest BCUT2D eigenvalue weighted by Gasteiger charge is -2.37. The van der Waals surface area contributed by atoms with Gasteiger partial charge in [-0.3, -0.25) is 0 Å². The molecule has 1 aromatic carbocycles. The molecule has 0 aromatic heterocycles. The largest absolute Gasteiger partial charge is 0.478 e. The van der Waals surface area contributed by atoms with E-state index in [1.54, 1.807) is 26.4 Å². The zero-order valence-electron chi connectivity index (χ0n) is 13.5. The number of aromatic carboxylic acids is 1. The molecule has 5 heteroatoms. The number of aryl methyl sites for hydroxylation is 1. The molecule has 1 saturated carbocycles. The van der Waals surface area contributed by atoms with Crippen molar-refractivity contribution in [3.05, 3.63) is 35.4 Å². The molecule has 0 spiro atoms. The molecule has 0 radical (unpaired) electrons. The third-order valence-corrected chi connectivity index (χ3v) is 9.03. The minimum atomic E-state index is -2.18. The molecule has 1 aromatic rings. The Bertz CT molecular complexity index is 476. The van der Waals surface area contributed by atoms with E-state index in [-0.39, 0.29) is 0 Å². The first-order valence-electron chi connectivity index (χ1n) is 8.04. The Labute approximate surface area is 133 Å². The molecule has 0 aliphatic heterocycles. The Kier molecular flexibility index (Phi) is 6.17. The zero-order valence-corrected chi connectivity index (χ0v) is 14.5. The zero-order chi connectivity index (χ0) is 16.0. The van der Waals surface area contributed by atoms with Gasteiger partial charge in [-0.05, 0) is 43.0 Å². The van der Waals surface area contributed by atoms with Gasteiger partial charge in [0.1, 0.15) is 0 Å². The topological polar surface area (TPSA) is 55.8 Å². The highest BCUT2D eigenvalue weighted by Gasteiger charge is 2.44. The molecule has 122 valence electrons. The fraction of sp³-hybridized carbons (Fsp3) is 0.588. The van der Waals surface area contributed by atoms with E-state index < -0.39 is 14.5 Å². The number of carboxylic acid groups (broad SMARTS) is 1. The summed E-state index contributed by atoms with van der Waals surface area (Å²) in [6.45, 7) is 0. The third-order valence-electron chi connectivity index (χ3n) is 4.88. The fourth-order valence-electron chi connectivity index (χ4n) is 3.50. The van der Waals surface area contributed by atoms with Crippen LogP contribution < -0.4 is 0 Å². The average molecular weight is 322 g/mol. The number of carbonyl (C=O) groups is 1. The van der Waals surface area contributed by atoms with Crippen LogP contribution in [0.3, 0.4) is 0 Å². The Morgan fingerprint density at radius 2 is 1.73 bits per heavy atom. The summed E-state index contributed by atoms with van der Waals surface area (Å²) in [4.78, 5) is 10.9. The van der Waals surface area contributed by atoms with Crippen LogP contribution in [0.2, 0.25) is 11.6 Å². The molecule has 0 unspecified atom stereocenters. The van der Waals surface area contributed by atoms with E-state index in [0.29, 0.717) is 11.1 Å². The monoisotopic (exact) mass is 322 g/mol. The highest BCUT2D eigenvalue weighted by atomic mass is 28.4. The van der Waals surface area contributed by atoms with Crippen molar-refractivity contribution in [1.29, 1.82) is 0 Å². The van der Waals surface area contributed by atoms with Crippen molar-refractivity contribution in [2.24, 2.45) is 0 Å². The maximum Gasteiger partial charge on any atom is 0.341 e. The molecule has 0 atom stereocenters. The average Bonchev–Trinajstić information content (AvgIpc) is 2.57. The summed E-state index contributed by atoms with van der Waals surface area (Å²) >= 11 is 0. The van der Waals surface area contributed by atoms with Gasteiger partial charge in [0.2, 0.25) is 0 Å². The van der Waals surface area contributed by atoms with E-state index in [9.17, 15) is 4.79 Å². The van der Waals surface area contributed by atoms with Crippen LogP contribution in [0.4, 0.5) is 0 Å². The minimum Gasteiger partial charge on any atom is -0.478 e. The minimum absolute atomic E-state index is 0.332. The highest BCUT2D eigenvalue weighted by Crippen LogP contribution is 2.40. The molecule has 0 amide bonds. The van der Waals surface area contributed by atoms with Gasteiger partial charge in [0.25, 0.3) is 0 Å². The van der Waals surface area contributed by atoms with Crippen molar-refractivity contribution in [3.8, 4) is 0 Å². The predicted octanol–water partition coefficient (Wildman–Crippen LogP) is 4.00. The van der Waals surface area contributed by atoms with Gasteiger partial charge >= 0.3 is 14.5 Å². The maximum atomic E-state index is 10.9. The Morgan fingerprint density at radius 1 is 1.14 bits per heavy atom. The third kappa shape index (κ3) is 3.97. The molecule has 1 fully saturated rings. The number of hydrogen-bond donors (Lipinski definition) is 1. The Balaban J connectivity index is 2.03. The highest BCUT2D eigenvalue weighted by molar-refractivity contribution is 6.69. The van der Waals surface area contributed by atoms with Crippen molar-refractivity contribution in [1.82, 2.24) is 0 Å². The molecule has 4 nitrogen and oxygen atoms in total. The summed E-state index contributed by atoms with van der Waals surface area (Å²) in [5.74, 6) is -0.883. The molecule has 2 rings (SSSR count). The molecule has 1 aliphatic carbocycles. The van der Waals surface area contributed by atoms with Crippen LogP contribution in [0, 0.1) is 0 Å². The molecule has 0 heterocycles. The lowest BCUT2D eigenvalue weighted by Crippen LogP contribution is -2.46. The first-order valence-corrected chi connectivity index (χ1v) is 10.1. The predicted molar refractivity (Wildman–Crippen MR) is 88.5 cm³/mol. The first-order chi connectivity index (χ1) is 10.6. The van der Waals surface area contributed by atoms with Crippen molar-refractivity contribution in [2.75, 3.05) is 14.2 Å². The number of benzene rings is 1. The Hall–Kier alpha value is -1.17. The van der Waals surface area contributed by atoms with Gasteiger partial charge in [-0.25, -0.2) is 4.79 Å². The number of carboxylic acids is 1. The standard InChI is InChI=1S/C17H26O4Si/c1-20-22(21-2,16-6-4-3-5-7-16)13-12-14-8-10-15(11-9-14)17(18)19/h8-11,16H,3-7,12-13H2,1-2H3,(H,18,19). The maximum absolute atomic E-state index is 10.9. The van der Waals surface area contributed by atoms with Crippen LogP contribution in [-0.2, 0) is 15.3 Å².